The van der Waals surface area contributed by atoms with Gasteiger partial charge in [-0.25, -0.2) is 4.79 Å². The van der Waals surface area contributed by atoms with Gasteiger partial charge in [-0.2, -0.15) is 0 Å². The summed E-state index contributed by atoms with van der Waals surface area (Å²) in [6.07, 6.45) is 0.0414. The number of carbonyl (C=O) groups excluding carboxylic acids is 3. The normalized spacial score (nSPS) is 23.0. The number of nitrogens with one attached hydrogen (secondary N) is 1. The zero-order valence-corrected chi connectivity index (χ0v) is 17.9. The molecule has 12 heteroatoms. The third kappa shape index (κ3) is 3.95. The van der Waals surface area contributed by atoms with Crippen LogP contribution in [0.3, 0.4) is 0 Å². The van der Waals surface area contributed by atoms with Gasteiger partial charge in [-0.15, -0.1) is 23.1 Å². The van der Waals surface area contributed by atoms with E-state index in [1.165, 1.54) is 37.1 Å². The Kier molecular flexibility index (Phi) is 6.50. The molecule has 2 aliphatic rings. The average molecular weight is 456 g/mol. The number of methoxy groups -OCH3 is 1. The number of hydrogen-bond acceptors (Lipinski definition) is 9. The molecule has 1 fully saturated rings. The summed E-state index contributed by atoms with van der Waals surface area (Å²) in [6, 6.07) is 3.63. The molecule has 1 aromatic heterocycles. The van der Waals surface area contributed by atoms with E-state index in [1.54, 1.807) is 6.07 Å². The quantitative estimate of drug-likeness (QED) is 0.280. The van der Waals surface area contributed by atoms with Crippen LogP contribution in [0.4, 0.5) is 0 Å². The van der Waals surface area contributed by atoms with Crippen LogP contribution >= 0.6 is 23.1 Å². The molecule has 1 aromatic rings. The van der Waals surface area contributed by atoms with Crippen LogP contribution in [0.25, 0.3) is 0 Å². The number of carbonyl (C=O) groups is 4. The van der Waals surface area contributed by atoms with Gasteiger partial charge in [0.05, 0.1) is 6.42 Å². The Labute approximate surface area is 180 Å². The highest BCUT2D eigenvalue weighted by Crippen LogP contribution is 2.46. The number of carboxylic acid groups (broad SMARTS) is 1. The third-order valence-corrected chi connectivity index (χ3v) is 7.14. The molecule has 162 valence electrons. The van der Waals surface area contributed by atoms with E-state index in [2.05, 4.69) is 5.32 Å². The maximum Gasteiger partial charge on any atom is 0.352 e. The minimum absolute atomic E-state index is 0.0414. The molecule has 3 rings (SSSR count). The van der Waals surface area contributed by atoms with Crippen molar-refractivity contribution in [2.45, 2.75) is 31.0 Å². The van der Waals surface area contributed by atoms with Gasteiger partial charge in [-0.1, -0.05) is 0 Å². The summed E-state index contributed by atoms with van der Waals surface area (Å²) in [7, 11) is 1.28. The summed E-state index contributed by atoms with van der Waals surface area (Å²) in [6.45, 7) is 1.36. The highest BCUT2D eigenvalue weighted by atomic mass is 32.2. The average Bonchev–Trinajstić information content (AvgIpc) is 3.16. The van der Waals surface area contributed by atoms with Gasteiger partial charge in [-0.3, -0.25) is 19.3 Å². The molecule has 0 spiro atoms. The molecule has 10 nitrogen and oxygen atoms in total. The number of hydrogen-bond donors (Lipinski definition) is 3. The summed E-state index contributed by atoms with van der Waals surface area (Å²) < 4.78 is 10.3. The number of ether oxygens (including phenoxy) is 2. The lowest BCUT2D eigenvalue weighted by Gasteiger charge is -2.55. The molecule has 0 aliphatic carbocycles. The van der Waals surface area contributed by atoms with E-state index in [0.717, 1.165) is 14.7 Å². The first-order valence-corrected chi connectivity index (χ1v) is 10.8. The van der Waals surface area contributed by atoms with Gasteiger partial charge in [0.25, 0.3) is 11.6 Å². The van der Waals surface area contributed by atoms with Crippen molar-refractivity contribution in [2.75, 3.05) is 19.5 Å². The number of thioether (sulfide) groups is 1. The third-order valence-electron chi connectivity index (χ3n) is 4.66. The second-order valence-electron chi connectivity index (χ2n) is 6.61. The van der Waals surface area contributed by atoms with Gasteiger partial charge in [0, 0.05) is 41.7 Å². The first-order valence-electron chi connectivity index (χ1n) is 8.91. The number of rotatable bonds is 8. The summed E-state index contributed by atoms with van der Waals surface area (Å²) in [5.74, 6) is -2.79. The first kappa shape index (κ1) is 22.3. The number of nitrogens with two attached hydrogens (primary N) is 1. The number of fused-ring (bicyclic) bond motifs is 1. The monoisotopic (exact) mass is 455 g/mol. The fourth-order valence-electron chi connectivity index (χ4n) is 3.28. The van der Waals surface area contributed by atoms with Crippen molar-refractivity contribution in [3.05, 3.63) is 33.2 Å². The molecule has 0 unspecified atom stereocenters. The molecule has 0 bridgehead atoms. The maximum atomic E-state index is 12.9. The molecule has 2 amide bonds. The molecule has 1 saturated heterocycles. The van der Waals surface area contributed by atoms with Crippen LogP contribution in [0, 0.1) is 0 Å². The van der Waals surface area contributed by atoms with Crippen molar-refractivity contribution in [1.29, 1.82) is 0 Å². The van der Waals surface area contributed by atoms with Crippen molar-refractivity contribution >= 4 is 46.9 Å². The molecule has 0 aromatic carbocycles. The zero-order chi connectivity index (χ0) is 22.1. The molecule has 2 atom stereocenters. The predicted octanol–water partition coefficient (Wildman–Crippen LogP) is 0.0251. The lowest BCUT2D eigenvalue weighted by atomic mass is 9.98. The van der Waals surface area contributed by atoms with Crippen LogP contribution in [-0.2, 0) is 41.6 Å². The molecular weight excluding hydrogens is 434 g/mol. The molecular formula is C18H21N3O7S2. The first-order chi connectivity index (χ1) is 14.2. The van der Waals surface area contributed by atoms with Crippen LogP contribution in [0.2, 0.25) is 0 Å². The topological polar surface area (TPSA) is 148 Å². The fourth-order valence-corrected chi connectivity index (χ4v) is 5.60. The summed E-state index contributed by atoms with van der Waals surface area (Å²) in [5, 5.41) is 11.5. The van der Waals surface area contributed by atoms with Crippen LogP contribution in [0.1, 0.15) is 16.7 Å². The maximum absolute atomic E-state index is 12.9. The smallest absolute Gasteiger partial charge is 0.352 e. The number of aliphatic carboxylic acids is 1. The summed E-state index contributed by atoms with van der Waals surface area (Å²) in [5.41, 5.74) is 3.97. The lowest BCUT2D eigenvalue weighted by Crippen LogP contribution is -2.80. The van der Waals surface area contributed by atoms with E-state index in [4.69, 9.17) is 15.2 Å². The Morgan fingerprint density at radius 3 is 2.63 bits per heavy atom. The van der Waals surface area contributed by atoms with Crippen LogP contribution in [0.5, 0.6) is 0 Å². The number of amides is 2. The molecule has 4 N–H and O–H groups in total. The molecule has 0 saturated carbocycles. The number of nitrogens with zero attached hydrogens (tertiary/aromatic N) is 1. The van der Waals surface area contributed by atoms with Gasteiger partial charge in [-0.05, 0) is 12.1 Å². The van der Waals surface area contributed by atoms with Crippen molar-refractivity contribution in [2.24, 2.45) is 5.73 Å². The van der Waals surface area contributed by atoms with Crippen molar-refractivity contribution < 1.29 is 33.8 Å². The van der Waals surface area contributed by atoms with Gasteiger partial charge in [0.1, 0.15) is 17.7 Å². The van der Waals surface area contributed by atoms with E-state index >= 15 is 0 Å². The van der Waals surface area contributed by atoms with Crippen molar-refractivity contribution in [3.8, 4) is 0 Å². The van der Waals surface area contributed by atoms with Gasteiger partial charge >= 0.3 is 11.9 Å². The molecule has 0 radical (unpaired) electrons. The Morgan fingerprint density at radius 2 is 2.07 bits per heavy atom. The largest absolute Gasteiger partial charge is 0.477 e. The number of β-lactam (4-membered cyclic amide) rings is 1. The predicted molar refractivity (Wildman–Crippen MR) is 108 cm³/mol. The zero-order valence-electron chi connectivity index (χ0n) is 16.3. The number of esters is 1. The van der Waals surface area contributed by atoms with Crippen molar-refractivity contribution in [3.63, 3.8) is 0 Å². The molecule has 30 heavy (non-hydrogen) atoms. The second kappa shape index (κ2) is 8.76. The lowest BCUT2D eigenvalue weighted by molar-refractivity contribution is -0.192. The number of thiophene rings is 1. The SMILES string of the molecule is CO[C@@]1(NC(=O)Cc2ccc(CN)s2)C(=O)N2C(C(=O)O)=C(COC(C)=O)CS[C@@H]21. The highest BCUT2D eigenvalue weighted by molar-refractivity contribution is 8.00. The van der Waals surface area contributed by atoms with Gasteiger partial charge in [0.2, 0.25) is 5.91 Å². The van der Waals surface area contributed by atoms with Crippen LogP contribution in [0.15, 0.2) is 23.4 Å². The van der Waals surface area contributed by atoms with E-state index in [-0.39, 0.29) is 24.5 Å². The minimum Gasteiger partial charge on any atom is -0.477 e. The fraction of sp³-hybridized carbons (Fsp3) is 0.444. The molecule has 3 heterocycles. The van der Waals surface area contributed by atoms with E-state index < -0.39 is 34.9 Å². The van der Waals surface area contributed by atoms with Gasteiger partial charge < -0.3 is 25.6 Å². The van der Waals surface area contributed by atoms with Crippen LogP contribution < -0.4 is 11.1 Å². The minimum atomic E-state index is -1.66. The number of carboxylic acids is 1. The molecule has 2 aliphatic heterocycles. The Morgan fingerprint density at radius 1 is 1.37 bits per heavy atom. The van der Waals surface area contributed by atoms with E-state index in [0.29, 0.717) is 12.1 Å². The van der Waals surface area contributed by atoms with E-state index in [9.17, 15) is 24.3 Å². The highest BCUT2D eigenvalue weighted by Gasteiger charge is 2.66. The van der Waals surface area contributed by atoms with Gasteiger partial charge in [0.15, 0.2) is 0 Å². The van der Waals surface area contributed by atoms with E-state index in [1.807, 2.05) is 6.07 Å². The van der Waals surface area contributed by atoms with Crippen LogP contribution in [-0.4, -0.2) is 64.3 Å². The van der Waals surface area contributed by atoms with Crippen molar-refractivity contribution in [1.82, 2.24) is 10.2 Å². The Hall–Kier alpha value is -2.41. The Balaban J connectivity index is 1.78. The second-order valence-corrected chi connectivity index (χ2v) is 8.93. The summed E-state index contributed by atoms with van der Waals surface area (Å²) >= 11 is 2.63. The Bertz CT molecular complexity index is 929. The standard InChI is InChI=1S/C18H21N3O7S2/c1-9(22)28-7-10-8-29-17-18(27-2,16(26)21(17)14(10)15(24)25)20-13(23)5-11-3-4-12(6-19)30-11/h3-4,17H,5-8,19H2,1-2H3,(H,20,23)(H,24,25)/t17-,18+/m1/s1. The summed E-state index contributed by atoms with van der Waals surface area (Å²) in [4.78, 5) is 51.2.